The molecule has 5 saturated carbocycles. The summed E-state index contributed by atoms with van der Waals surface area (Å²) in [6, 6.07) is 0. The minimum absolute atomic E-state index is 0.0126. The molecule has 0 amide bonds. The average molecular weight is 721 g/mol. The third-order valence-corrected chi connectivity index (χ3v) is 18.1. The van der Waals surface area contributed by atoms with Crippen molar-refractivity contribution < 1.29 is 19.1 Å². The van der Waals surface area contributed by atoms with E-state index in [-0.39, 0.29) is 45.1 Å². The van der Waals surface area contributed by atoms with Crippen molar-refractivity contribution >= 4 is 11.9 Å². The molecule has 2 heterocycles. The minimum atomic E-state index is -0.0248. The largest absolute Gasteiger partial charge is 0.465 e. The molecule has 0 spiro atoms. The van der Waals surface area contributed by atoms with E-state index in [1.165, 1.54) is 102 Å². The van der Waals surface area contributed by atoms with E-state index in [1.807, 2.05) is 0 Å². The number of nitrogens with zero attached hydrogens (tertiary/aromatic N) is 2. The maximum absolute atomic E-state index is 13.2. The number of piperidine rings is 2. The first-order valence-electron chi connectivity index (χ1n) is 22.2. The number of hydrogen-bond donors (Lipinski definition) is 0. The van der Waals surface area contributed by atoms with Crippen molar-refractivity contribution in [2.75, 3.05) is 45.9 Å². The molecule has 0 N–H and O–H groups in total. The Morgan fingerprint density at radius 1 is 0.673 bits per heavy atom. The third-order valence-electron chi connectivity index (χ3n) is 18.1. The molecule has 7 aliphatic rings. The van der Waals surface area contributed by atoms with Gasteiger partial charge in [-0.2, -0.15) is 0 Å². The predicted molar refractivity (Wildman–Crippen MR) is 210 cm³/mol. The Bertz CT molecular complexity index is 1320. The standard InChI is InChI=1S/C46H76N2O4/c1-33(2)34-16-23-46(32-51-39(49)19-30-47-26-10-8-11-27-47)25-24-44(6)35(41(34)46)14-15-37-43(5)21-18-38(42(3,4)36(43)17-22-45(37,44)7)52-40(50)20-31-48-28-12-9-13-29-48/h34-38,41H,1,8-32H2,2-7H3/t34-,35?,36?,37?,38-,41?,43-,44+,45+,46+/m0/s1. The summed E-state index contributed by atoms with van der Waals surface area (Å²) in [7, 11) is 0. The molecule has 7 rings (SSSR count). The molecule has 0 aromatic heterocycles. The highest BCUT2D eigenvalue weighted by Gasteiger charge is 2.71. The van der Waals surface area contributed by atoms with Gasteiger partial charge >= 0.3 is 11.9 Å². The summed E-state index contributed by atoms with van der Waals surface area (Å²) >= 11 is 0. The molecule has 4 unspecified atom stereocenters. The summed E-state index contributed by atoms with van der Waals surface area (Å²) in [6.45, 7) is 26.6. The summed E-state index contributed by atoms with van der Waals surface area (Å²) in [4.78, 5) is 31.4. The number of carbonyl (C=O) groups excluding carboxylic acids is 2. The van der Waals surface area contributed by atoms with Crippen LogP contribution in [-0.4, -0.2) is 73.7 Å². The zero-order chi connectivity index (χ0) is 36.9. The van der Waals surface area contributed by atoms with Crippen LogP contribution in [0.2, 0.25) is 0 Å². The van der Waals surface area contributed by atoms with Crippen LogP contribution in [0.15, 0.2) is 12.2 Å². The fraction of sp³-hybridized carbons (Fsp3) is 0.913. The first kappa shape index (κ1) is 38.9. The molecule has 2 saturated heterocycles. The minimum Gasteiger partial charge on any atom is -0.465 e. The van der Waals surface area contributed by atoms with E-state index in [4.69, 9.17) is 9.47 Å². The van der Waals surface area contributed by atoms with Crippen molar-refractivity contribution in [3.63, 3.8) is 0 Å². The molecule has 5 aliphatic carbocycles. The SMILES string of the molecule is C=C(C)[C@@H]1CC[C@]2(COC(=O)CCN3CCCCC3)CC[C@]3(C)C(CCC4[C@@]5(C)CC[C@H](OC(=O)CCN6CCCCC6)C(C)(C)C5CC[C@]43C)C12. The van der Waals surface area contributed by atoms with Crippen molar-refractivity contribution in [3.05, 3.63) is 12.2 Å². The van der Waals surface area contributed by atoms with Crippen molar-refractivity contribution in [2.24, 2.45) is 56.7 Å². The van der Waals surface area contributed by atoms with Crippen molar-refractivity contribution in [2.45, 2.75) is 163 Å². The molecule has 6 heteroatoms. The Kier molecular flexibility index (Phi) is 11.2. The number of rotatable bonds is 10. The fourth-order valence-corrected chi connectivity index (χ4v) is 15.1. The number of esters is 2. The smallest absolute Gasteiger partial charge is 0.307 e. The molecule has 294 valence electrons. The number of fused-ring (bicyclic) bond motifs is 7. The van der Waals surface area contributed by atoms with Crippen LogP contribution in [0.3, 0.4) is 0 Å². The van der Waals surface area contributed by atoms with Crippen LogP contribution in [0.1, 0.15) is 157 Å². The molecule has 10 atom stereocenters. The second kappa shape index (κ2) is 14.9. The van der Waals surface area contributed by atoms with Gasteiger partial charge in [0.05, 0.1) is 19.4 Å². The first-order chi connectivity index (χ1) is 24.7. The second-order valence-electron chi connectivity index (χ2n) is 20.9. The highest BCUT2D eigenvalue weighted by Crippen LogP contribution is 2.77. The summed E-state index contributed by atoms with van der Waals surface area (Å²) in [6.07, 6.45) is 20.8. The normalized spacial score (nSPS) is 43.3. The van der Waals surface area contributed by atoms with E-state index in [9.17, 15) is 9.59 Å². The Morgan fingerprint density at radius 3 is 1.94 bits per heavy atom. The van der Waals surface area contributed by atoms with E-state index >= 15 is 0 Å². The van der Waals surface area contributed by atoms with E-state index in [0.717, 1.165) is 45.7 Å². The Hall–Kier alpha value is -1.40. The molecular formula is C46H76N2O4. The zero-order valence-electron chi connectivity index (χ0n) is 34.4. The zero-order valence-corrected chi connectivity index (χ0v) is 34.4. The predicted octanol–water partition coefficient (Wildman–Crippen LogP) is 9.85. The lowest BCUT2D eigenvalue weighted by Crippen LogP contribution is -2.67. The van der Waals surface area contributed by atoms with Crippen LogP contribution in [-0.2, 0) is 19.1 Å². The Balaban J connectivity index is 1.04. The highest BCUT2D eigenvalue weighted by atomic mass is 16.5. The average Bonchev–Trinajstić information content (AvgIpc) is 3.52. The van der Waals surface area contributed by atoms with E-state index < -0.39 is 0 Å². The maximum Gasteiger partial charge on any atom is 0.307 e. The van der Waals surface area contributed by atoms with Crippen molar-refractivity contribution in [1.29, 1.82) is 0 Å². The van der Waals surface area contributed by atoms with E-state index in [1.54, 1.807) is 0 Å². The lowest BCUT2D eigenvalue weighted by atomic mass is 9.32. The quantitative estimate of drug-likeness (QED) is 0.166. The molecule has 52 heavy (non-hydrogen) atoms. The molecule has 6 nitrogen and oxygen atoms in total. The lowest BCUT2D eigenvalue weighted by molar-refractivity contribution is -0.252. The van der Waals surface area contributed by atoms with Gasteiger partial charge in [-0.05, 0) is 169 Å². The molecule has 7 fully saturated rings. The number of hydrogen-bond acceptors (Lipinski definition) is 6. The summed E-state index contributed by atoms with van der Waals surface area (Å²) < 4.78 is 12.7. The monoisotopic (exact) mass is 721 g/mol. The van der Waals surface area contributed by atoms with Gasteiger partial charge in [0.1, 0.15) is 6.10 Å². The Labute approximate surface area is 318 Å². The van der Waals surface area contributed by atoms with Crippen molar-refractivity contribution in [3.8, 4) is 0 Å². The molecule has 0 aromatic carbocycles. The van der Waals surface area contributed by atoms with Crippen LogP contribution in [0.25, 0.3) is 0 Å². The fourth-order valence-electron chi connectivity index (χ4n) is 15.1. The summed E-state index contributed by atoms with van der Waals surface area (Å²) in [5.41, 5.74) is 2.20. The van der Waals surface area contributed by atoms with Gasteiger partial charge in [0.2, 0.25) is 0 Å². The number of ether oxygens (including phenoxy) is 2. The summed E-state index contributed by atoms with van der Waals surface area (Å²) in [5, 5.41) is 0. The maximum atomic E-state index is 13.2. The third kappa shape index (κ3) is 6.76. The van der Waals surface area contributed by atoms with E-state index in [2.05, 4.69) is 57.9 Å². The van der Waals surface area contributed by atoms with Gasteiger partial charge in [-0.25, -0.2) is 0 Å². The van der Waals surface area contributed by atoms with Gasteiger partial charge in [0.15, 0.2) is 0 Å². The topological polar surface area (TPSA) is 59.1 Å². The summed E-state index contributed by atoms with van der Waals surface area (Å²) in [5.74, 6) is 3.00. The van der Waals surface area contributed by atoms with Crippen LogP contribution < -0.4 is 0 Å². The van der Waals surface area contributed by atoms with Gasteiger partial charge in [0, 0.05) is 23.9 Å². The second-order valence-corrected chi connectivity index (χ2v) is 20.9. The number of allylic oxidation sites excluding steroid dienone is 1. The molecule has 0 radical (unpaired) electrons. The number of carbonyl (C=O) groups is 2. The lowest BCUT2D eigenvalue weighted by Gasteiger charge is -2.73. The van der Waals surface area contributed by atoms with Gasteiger partial charge in [0.25, 0.3) is 0 Å². The van der Waals surface area contributed by atoms with Gasteiger partial charge < -0.3 is 19.3 Å². The van der Waals surface area contributed by atoms with E-state index in [0.29, 0.717) is 49.0 Å². The van der Waals surface area contributed by atoms with Gasteiger partial charge in [-0.3, -0.25) is 9.59 Å². The molecule has 2 aliphatic heterocycles. The Morgan fingerprint density at radius 2 is 1.31 bits per heavy atom. The van der Waals surface area contributed by atoms with Crippen molar-refractivity contribution in [1.82, 2.24) is 9.80 Å². The van der Waals surface area contributed by atoms with Crippen LogP contribution in [0.4, 0.5) is 0 Å². The van der Waals surface area contributed by atoms with Crippen LogP contribution in [0.5, 0.6) is 0 Å². The van der Waals surface area contributed by atoms with Gasteiger partial charge in [-0.15, -0.1) is 0 Å². The van der Waals surface area contributed by atoms with Crippen LogP contribution in [0, 0.1) is 56.7 Å². The first-order valence-corrected chi connectivity index (χ1v) is 22.2. The molecule has 0 aromatic rings. The number of likely N-dealkylation sites (tertiary alicyclic amines) is 2. The van der Waals surface area contributed by atoms with Gasteiger partial charge in [-0.1, -0.05) is 59.6 Å². The highest BCUT2D eigenvalue weighted by molar-refractivity contribution is 5.70. The van der Waals surface area contributed by atoms with Crippen LogP contribution >= 0.6 is 0 Å². The molecule has 0 bridgehead atoms. The molecular weight excluding hydrogens is 645 g/mol.